The maximum Gasteiger partial charge on any atom is 0.339 e. The molecule has 1 heterocycles. The van der Waals surface area contributed by atoms with E-state index in [1.54, 1.807) is 25.4 Å². The van der Waals surface area contributed by atoms with Gasteiger partial charge in [0.15, 0.2) is 0 Å². The Balaban J connectivity index is 0.00000150. The molecule has 1 aromatic carbocycles. The minimum Gasteiger partial charge on any atom is -0.497 e. The average molecular weight is 489 g/mol. The highest BCUT2D eigenvalue weighted by atomic mass is 16.5. The van der Waals surface area contributed by atoms with E-state index in [-0.39, 0.29) is 16.8 Å². The van der Waals surface area contributed by atoms with Crippen molar-refractivity contribution in [2.75, 3.05) is 19.7 Å². The molecule has 1 unspecified atom stereocenters. The second-order valence-corrected chi connectivity index (χ2v) is 9.21. The number of nitrogens with one attached hydrogen (secondary N) is 1. The van der Waals surface area contributed by atoms with E-state index < -0.39 is 5.97 Å². The van der Waals surface area contributed by atoms with Crippen LogP contribution in [0.1, 0.15) is 81.8 Å². The van der Waals surface area contributed by atoms with Crippen LogP contribution in [0.2, 0.25) is 0 Å². The molecule has 1 atom stereocenters. The lowest BCUT2D eigenvalue weighted by atomic mass is 9.79. The summed E-state index contributed by atoms with van der Waals surface area (Å²) in [7, 11) is 2.94. The van der Waals surface area contributed by atoms with E-state index >= 15 is 0 Å². The van der Waals surface area contributed by atoms with Crippen LogP contribution in [0.15, 0.2) is 48.8 Å². The van der Waals surface area contributed by atoms with Crippen molar-refractivity contribution in [1.29, 1.82) is 0 Å². The molecule has 196 valence electrons. The van der Waals surface area contributed by atoms with E-state index in [0.29, 0.717) is 23.4 Å². The summed E-state index contributed by atoms with van der Waals surface area (Å²) < 4.78 is 10.1. The Morgan fingerprint density at radius 1 is 1.17 bits per heavy atom. The van der Waals surface area contributed by atoms with E-state index in [2.05, 4.69) is 44.7 Å². The Labute approximate surface area is 210 Å². The molecule has 2 aromatic rings. The van der Waals surface area contributed by atoms with Gasteiger partial charge in [0, 0.05) is 24.4 Å². The van der Waals surface area contributed by atoms with Gasteiger partial charge in [0.1, 0.15) is 5.75 Å². The summed E-state index contributed by atoms with van der Waals surface area (Å²) in [5.41, 5.74) is 6.30. The van der Waals surface area contributed by atoms with Crippen molar-refractivity contribution in [3.63, 3.8) is 0 Å². The van der Waals surface area contributed by atoms with Crippen molar-refractivity contribution >= 4 is 11.7 Å². The van der Waals surface area contributed by atoms with Gasteiger partial charge in [0.05, 0.1) is 25.5 Å². The lowest BCUT2D eigenvalue weighted by Crippen LogP contribution is -2.15. The molecular weight excluding hydrogens is 444 g/mol. The second kappa shape index (κ2) is 15.2. The maximum absolute atomic E-state index is 11.9. The molecule has 0 amide bonds. The number of esters is 1. The number of hydrogen-bond acceptors (Lipinski definition) is 6. The molecule has 1 aromatic heterocycles. The zero-order valence-corrected chi connectivity index (χ0v) is 22.6. The molecule has 4 N–H and O–H groups in total. The van der Waals surface area contributed by atoms with Crippen LogP contribution in [-0.4, -0.2) is 35.9 Å². The smallest absolute Gasteiger partial charge is 0.339 e. The third-order valence-electron chi connectivity index (χ3n) is 5.61. The number of anilines is 1. The highest BCUT2D eigenvalue weighted by molar-refractivity contribution is 5.89. The van der Waals surface area contributed by atoms with E-state index in [4.69, 9.17) is 9.47 Å². The van der Waals surface area contributed by atoms with Crippen molar-refractivity contribution in [2.45, 2.75) is 66.7 Å². The fourth-order valence-electron chi connectivity index (χ4n) is 3.48. The fraction of sp³-hybridized carbons (Fsp3) is 0.500. The molecule has 1 aliphatic carbocycles. The van der Waals surface area contributed by atoms with Crippen LogP contribution in [0.25, 0.3) is 0 Å². The molecular formula is C28H44N2O5. The molecule has 0 saturated heterocycles. The molecule has 1 aliphatic rings. The Morgan fingerprint density at radius 2 is 1.77 bits per heavy atom. The summed E-state index contributed by atoms with van der Waals surface area (Å²) >= 11 is 0. The monoisotopic (exact) mass is 488 g/mol. The largest absolute Gasteiger partial charge is 0.497 e. The summed E-state index contributed by atoms with van der Waals surface area (Å²) in [6, 6.07) is 7.36. The number of ether oxygens (including phenoxy) is 2. The zero-order chi connectivity index (χ0) is 25.9. The number of allylic oxidation sites excluding steroid dienone is 1. The average Bonchev–Trinajstić information content (AvgIpc) is 3.60. The second-order valence-electron chi connectivity index (χ2n) is 9.21. The molecule has 1 fully saturated rings. The first-order valence-corrected chi connectivity index (χ1v) is 11.9. The van der Waals surface area contributed by atoms with Crippen molar-refractivity contribution in [1.82, 2.24) is 4.98 Å². The lowest BCUT2D eigenvalue weighted by Gasteiger charge is -2.27. The molecule has 35 heavy (non-hydrogen) atoms. The van der Waals surface area contributed by atoms with E-state index in [9.17, 15) is 10.0 Å². The van der Waals surface area contributed by atoms with Gasteiger partial charge in [-0.15, -0.1) is 0 Å². The van der Waals surface area contributed by atoms with Crippen LogP contribution in [-0.2, 0) is 11.2 Å². The number of pyridine rings is 1. The van der Waals surface area contributed by atoms with Gasteiger partial charge < -0.3 is 14.9 Å². The molecule has 7 heteroatoms. The fourth-order valence-corrected chi connectivity index (χ4v) is 3.48. The standard InChI is InChI=1S/C22H26N2O4.C4H10.C2H6.H2O/c1-14(22(2)7-8-22)19(18-6-5-17(27-3)11-20(18)24-26)10-15-9-16(13-23-12-15)21(25)28-4;1-4(2)3;1-2;/h5-6,9,11-13,19,24,26H,1,7-8,10H2,2-4H3;4H,1-3H3;1-2H3;1H2. The number of hydrogen-bond donors (Lipinski definition) is 2. The van der Waals surface area contributed by atoms with Crippen molar-refractivity contribution in [2.24, 2.45) is 11.3 Å². The minimum absolute atomic E-state index is 0. The third kappa shape index (κ3) is 9.34. The first-order chi connectivity index (χ1) is 16.1. The van der Waals surface area contributed by atoms with E-state index in [0.717, 1.165) is 35.5 Å². The van der Waals surface area contributed by atoms with Crippen LogP contribution in [0.3, 0.4) is 0 Å². The number of benzene rings is 1. The first-order valence-electron chi connectivity index (χ1n) is 11.9. The predicted octanol–water partition coefficient (Wildman–Crippen LogP) is 6.22. The van der Waals surface area contributed by atoms with E-state index in [1.807, 2.05) is 26.0 Å². The van der Waals surface area contributed by atoms with Gasteiger partial charge in [-0.3, -0.25) is 15.7 Å². The number of nitrogens with zero attached hydrogens (tertiary/aromatic N) is 1. The Hall–Kier alpha value is -2.90. The number of carbonyl (C=O) groups excluding carboxylic acids is 1. The molecule has 1 saturated carbocycles. The van der Waals surface area contributed by atoms with E-state index in [1.165, 1.54) is 13.3 Å². The highest BCUT2D eigenvalue weighted by Gasteiger charge is 2.43. The molecule has 0 aliphatic heterocycles. The SMILES string of the molecule is C=C(C(Cc1cncc(C(=O)OC)c1)c1ccc(OC)cc1NO)C1(C)CC1.CC.CC(C)C.O. The lowest BCUT2D eigenvalue weighted by molar-refractivity contribution is 0.0600. The third-order valence-corrected chi connectivity index (χ3v) is 5.61. The molecule has 0 spiro atoms. The Kier molecular flexibility index (Phi) is 13.9. The maximum atomic E-state index is 11.9. The van der Waals surface area contributed by atoms with Crippen molar-refractivity contribution in [3.05, 3.63) is 65.5 Å². The van der Waals surface area contributed by atoms with Crippen molar-refractivity contribution < 1.29 is 25.0 Å². The van der Waals surface area contributed by atoms with Crippen LogP contribution in [0, 0.1) is 11.3 Å². The van der Waals surface area contributed by atoms with Gasteiger partial charge in [0.25, 0.3) is 0 Å². The number of methoxy groups -OCH3 is 2. The summed E-state index contributed by atoms with van der Waals surface area (Å²) in [5, 5.41) is 9.69. The number of rotatable bonds is 8. The van der Waals surface area contributed by atoms with Crippen LogP contribution in [0.4, 0.5) is 5.69 Å². The molecule has 0 radical (unpaired) electrons. The Bertz CT molecular complexity index is 936. The van der Waals surface area contributed by atoms with Gasteiger partial charge in [-0.2, -0.15) is 0 Å². The normalized spacial score (nSPS) is 13.5. The van der Waals surface area contributed by atoms with Gasteiger partial charge in [-0.1, -0.05) is 59.8 Å². The van der Waals surface area contributed by atoms with Gasteiger partial charge in [-0.05, 0) is 53.9 Å². The van der Waals surface area contributed by atoms with Gasteiger partial charge in [0.2, 0.25) is 0 Å². The summed E-state index contributed by atoms with van der Waals surface area (Å²) in [4.78, 5) is 16.1. The quantitative estimate of drug-likeness (QED) is 0.259. The topological polar surface area (TPSA) is 112 Å². The number of aromatic nitrogens is 1. The first kappa shape index (κ1) is 32.1. The predicted molar refractivity (Wildman–Crippen MR) is 142 cm³/mol. The van der Waals surface area contributed by atoms with Crippen LogP contribution in [0.5, 0.6) is 5.75 Å². The molecule has 0 bridgehead atoms. The van der Waals surface area contributed by atoms with Crippen LogP contribution < -0.4 is 10.2 Å². The molecule has 3 rings (SSSR count). The summed E-state index contributed by atoms with van der Waals surface area (Å²) in [6.07, 6.45) is 6.04. The van der Waals surface area contributed by atoms with Gasteiger partial charge in [-0.25, -0.2) is 4.79 Å². The summed E-state index contributed by atoms with van der Waals surface area (Å²) in [6.45, 7) is 17.1. The number of carbonyl (C=O) groups is 1. The molecule has 7 nitrogen and oxygen atoms in total. The minimum atomic E-state index is -0.416. The van der Waals surface area contributed by atoms with Crippen LogP contribution >= 0.6 is 0 Å². The highest BCUT2D eigenvalue weighted by Crippen LogP contribution is 2.56. The summed E-state index contributed by atoms with van der Waals surface area (Å²) in [5.74, 6) is 1.01. The Morgan fingerprint density at radius 3 is 2.26 bits per heavy atom. The van der Waals surface area contributed by atoms with Crippen molar-refractivity contribution in [3.8, 4) is 5.75 Å². The van der Waals surface area contributed by atoms with Gasteiger partial charge >= 0.3 is 5.97 Å². The zero-order valence-electron chi connectivity index (χ0n) is 22.6.